The molecule has 0 bridgehead atoms. The van der Waals surface area contributed by atoms with E-state index < -0.39 is 0 Å². The Morgan fingerprint density at radius 3 is 2.63 bits per heavy atom. The lowest BCUT2D eigenvalue weighted by molar-refractivity contribution is -0.117. The first kappa shape index (κ1) is 18.8. The van der Waals surface area contributed by atoms with Crippen LogP contribution in [0.4, 0.5) is 5.69 Å². The second-order valence-corrected chi connectivity index (χ2v) is 8.58. The van der Waals surface area contributed by atoms with Crippen LogP contribution in [-0.2, 0) is 16.1 Å². The summed E-state index contributed by atoms with van der Waals surface area (Å²) in [5.74, 6) is 1.29. The summed E-state index contributed by atoms with van der Waals surface area (Å²) in [5.41, 5.74) is 1.94. The van der Waals surface area contributed by atoms with Crippen LogP contribution >= 0.6 is 11.6 Å². The van der Waals surface area contributed by atoms with Gasteiger partial charge in [0.15, 0.2) is 0 Å². The third-order valence-electron chi connectivity index (χ3n) is 6.06. The minimum atomic E-state index is 0.119. The van der Waals surface area contributed by atoms with Crippen LogP contribution in [0.1, 0.15) is 51.4 Å². The molecule has 5 heteroatoms. The van der Waals surface area contributed by atoms with Crippen LogP contribution < -0.4 is 5.32 Å². The fraction of sp³-hybridized carbons (Fsp3) is 0.591. The van der Waals surface area contributed by atoms with Crippen molar-refractivity contribution in [2.45, 2.75) is 57.9 Å². The molecule has 2 aliphatic rings. The highest BCUT2D eigenvalue weighted by Gasteiger charge is 2.21. The average Bonchev–Trinajstić information content (AvgIpc) is 2.77. The topological polar surface area (TPSA) is 43.3 Å². The maximum absolute atomic E-state index is 12.7. The maximum Gasteiger partial charge on any atom is 0.224 e. The van der Waals surface area contributed by atoms with Gasteiger partial charge in [0.05, 0.1) is 29.4 Å². The molecule has 1 amide bonds. The van der Waals surface area contributed by atoms with Crippen LogP contribution in [-0.4, -0.2) is 23.7 Å². The number of rotatable bonds is 6. The first-order chi connectivity index (χ1) is 13.2. The molecular formula is C22H29ClN2O2. The molecule has 4 nitrogen and oxygen atoms in total. The number of hydrogen-bond acceptors (Lipinski definition) is 2. The van der Waals surface area contributed by atoms with Gasteiger partial charge >= 0.3 is 0 Å². The van der Waals surface area contributed by atoms with E-state index in [2.05, 4.69) is 22.1 Å². The van der Waals surface area contributed by atoms with Crippen molar-refractivity contribution < 1.29 is 9.53 Å². The van der Waals surface area contributed by atoms with Crippen molar-refractivity contribution in [2.75, 3.05) is 18.5 Å². The largest absolute Gasteiger partial charge is 0.381 e. The molecule has 27 heavy (non-hydrogen) atoms. The van der Waals surface area contributed by atoms with Gasteiger partial charge in [-0.05, 0) is 37.3 Å². The minimum Gasteiger partial charge on any atom is -0.381 e. The molecule has 1 aromatic carbocycles. The van der Waals surface area contributed by atoms with Crippen LogP contribution in [0.5, 0.6) is 0 Å². The summed E-state index contributed by atoms with van der Waals surface area (Å²) in [6.45, 7) is 2.65. The van der Waals surface area contributed by atoms with Crippen molar-refractivity contribution in [1.82, 2.24) is 4.57 Å². The van der Waals surface area contributed by atoms with Gasteiger partial charge in [-0.2, -0.15) is 0 Å². The molecule has 1 aromatic heterocycles. The SMILES string of the molecule is O=C(CC1CCCCCC1)Nc1cn(CCC2COC2)c2cccc(Cl)c12. The van der Waals surface area contributed by atoms with E-state index in [1.54, 1.807) is 0 Å². The normalized spacial score (nSPS) is 19.0. The third-order valence-corrected chi connectivity index (χ3v) is 6.38. The lowest BCUT2D eigenvalue weighted by Crippen LogP contribution is -2.28. The van der Waals surface area contributed by atoms with E-state index in [0.717, 1.165) is 42.8 Å². The van der Waals surface area contributed by atoms with Gasteiger partial charge in [0.1, 0.15) is 0 Å². The Hall–Kier alpha value is -1.52. The summed E-state index contributed by atoms with van der Waals surface area (Å²) < 4.78 is 7.50. The molecule has 2 aromatic rings. The second-order valence-electron chi connectivity index (χ2n) is 8.17. The number of nitrogens with one attached hydrogen (secondary N) is 1. The summed E-state index contributed by atoms with van der Waals surface area (Å²) in [6, 6.07) is 5.96. The number of amides is 1. The fourth-order valence-corrected chi connectivity index (χ4v) is 4.66. The van der Waals surface area contributed by atoms with Crippen LogP contribution in [0.15, 0.2) is 24.4 Å². The number of benzene rings is 1. The van der Waals surface area contributed by atoms with Crippen LogP contribution in [0.25, 0.3) is 10.9 Å². The Morgan fingerprint density at radius 2 is 1.93 bits per heavy atom. The number of hydrogen-bond donors (Lipinski definition) is 1. The molecule has 0 spiro atoms. The maximum atomic E-state index is 12.7. The monoisotopic (exact) mass is 388 g/mol. The number of ether oxygens (including phenoxy) is 1. The molecule has 1 saturated heterocycles. The average molecular weight is 389 g/mol. The van der Waals surface area contributed by atoms with Crippen molar-refractivity contribution in [3.8, 4) is 0 Å². The molecule has 146 valence electrons. The Balaban J connectivity index is 1.48. The van der Waals surface area contributed by atoms with Crippen molar-refractivity contribution in [2.24, 2.45) is 11.8 Å². The summed E-state index contributed by atoms with van der Waals surface area (Å²) in [7, 11) is 0. The van der Waals surface area contributed by atoms with Gasteiger partial charge in [0.2, 0.25) is 5.91 Å². The number of aromatic nitrogens is 1. The minimum absolute atomic E-state index is 0.119. The molecule has 0 radical (unpaired) electrons. The highest BCUT2D eigenvalue weighted by Crippen LogP contribution is 2.34. The molecule has 0 unspecified atom stereocenters. The Bertz CT molecular complexity index is 789. The number of anilines is 1. The molecule has 1 aliphatic heterocycles. The molecule has 4 rings (SSSR count). The Kier molecular flexibility index (Phi) is 6.04. The van der Waals surface area contributed by atoms with Gasteiger partial charge in [-0.15, -0.1) is 0 Å². The van der Waals surface area contributed by atoms with Gasteiger partial charge in [0.25, 0.3) is 0 Å². The van der Waals surface area contributed by atoms with Crippen LogP contribution in [0.2, 0.25) is 5.02 Å². The van der Waals surface area contributed by atoms with E-state index in [0.29, 0.717) is 23.3 Å². The Labute approximate surface area is 166 Å². The highest BCUT2D eigenvalue weighted by molar-refractivity contribution is 6.36. The molecule has 1 N–H and O–H groups in total. The summed E-state index contributed by atoms with van der Waals surface area (Å²) in [5, 5.41) is 4.81. The third kappa shape index (κ3) is 4.49. The quantitative estimate of drug-likeness (QED) is 0.651. The first-order valence-electron chi connectivity index (χ1n) is 10.4. The zero-order chi connectivity index (χ0) is 18.6. The van der Waals surface area contributed by atoms with Gasteiger partial charge in [-0.3, -0.25) is 4.79 Å². The van der Waals surface area contributed by atoms with E-state index in [-0.39, 0.29) is 5.91 Å². The number of carbonyl (C=O) groups excluding carboxylic acids is 1. The summed E-state index contributed by atoms with van der Waals surface area (Å²) >= 11 is 6.49. The van der Waals surface area contributed by atoms with E-state index >= 15 is 0 Å². The molecule has 1 saturated carbocycles. The van der Waals surface area contributed by atoms with Crippen molar-refractivity contribution >= 4 is 34.1 Å². The number of halogens is 1. The zero-order valence-corrected chi connectivity index (χ0v) is 16.6. The van der Waals surface area contributed by atoms with E-state index in [9.17, 15) is 4.79 Å². The van der Waals surface area contributed by atoms with Gasteiger partial charge in [-0.1, -0.05) is 43.4 Å². The van der Waals surface area contributed by atoms with E-state index in [4.69, 9.17) is 16.3 Å². The predicted octanol–water partition coefficient (Wildman–Crippen LogP) is 5.63. The Morgan fingerprint density at radius 1 is 1.15 bits per heavy atom. The molecule has 1 aliphatic carbocycles. The van der Waals surface area contributed by atoms with E-state index in [1.807, 2.05) is 12.1 Å². The van der Waals surface area contributed by atoms with Gasteiger partial charge in [0, 0.05) is 30.5 Å². The highest BCUT2D eigenvalue weighted by atomic mass is 35.5. The van der Waals surface area contributed by atoms with Crippen LogP contribution in [0, 0.1) is 11.8 Å². The van der Waals surface area contributed by atoms with E-state index in [1.165, 1.54) is 38.5 Å². The standard InChI is InChI=1S/C22H29ClN2O2/c23-18-8-5-9-20-22(18)19(13-25(20)11-10-17-14-27-15-17)24-21(26)12-16-6-3-1-2-4-7-16/h5,8-9,13,16-17H,1-4,6-7,10-12,14-15H2,(H,24,26). The van der Waals surface area contributed by atoms with Crippen LogP contribution in [0.3, 0.4) is 0 Å². The molecule has 2 fully saturated rings. The number of aryl methyl sites for hydroxylation is 1. The number of fused-ring (bicyclic) bond motifs is 1. The van der Waals surface area contributed by atoms with Gasteiger partial charge in [-0.25, -0.2) is 0 Å². The second kappa shape index (κ2) is 8.66. The molecule has 0 atom stereocenters. The smallest absolute Gasteiger partial charge is 0.224 e. The number of carbonyl (C=O) groups is 1. The number of nitrogens with zero attached hydrogens (tertiary/aromatic N) is 1. The van der Waals surface area contributed by atoms with Gasteiger partial charge < -0.3 is 14.6 Å². The van der Waals surface area contributed by atoms with Crippen molar-refractivity contribution in [1.29, 1.82) is 0 Å². The molecule has 2 heterocycles. The first-order valence-corrected chi connectivity index (χ1v) is 10.7. The lowest BCUT2D eigenvalue weighted by Gasteiger charge is -2.26. The van der Waals surface area contributed by atoms with Crippen molar-refractivity contribution in [3.63, 3.8) is 0 Å². The summed E-state index contributed by atoms with van der Waals surface area (Å²) in [6.07, 6.45) is 11.3. The fourth-order valence-electron chi connectivity index (χ4n) is 4.39. The zero-order valence-electron chi connectivity index (χ0n) is 15.9. The predicted molar refractivity (Wildman–Crippen MR) is 110 cm³/mol. The summed E-state index contributed by atoms with van der Waals surface area (Å²) in [4.78, 5) is 12.7. The van der Waals surface area contributed by atoms with Crippen molar-refractivity contribution in [3.05, 3.63) is 29.4 Å². The lowest BCUT2D eigenvalue weighted by atomic mass is 9.96. The molecular weight excluding hydrogens is 360 g/mol.